The number of piperidine rings is 1. The summed E-state index contributed by atoms with van der Waals surface area (Å²) >= 11 is 0. The zero-order chi connectivity index (χ0) is 20.8. The molecule has 2 amide bonds. The number of hydrogen-bond donors (Lipinski definition) is 1. The Morgan fingerprint density at radius 2 is 1.70 bits per heavy atom. The molecule has 154 valence electrons. The van der Waals surface area contributed by atoms with E-state index >= 15 is 0 Å². The quantitative estimate of drug-likeness (QED) is 0.622. The number of fused-ring (bicyclic) bond motifs is 1. The van der Waals surface area contributed by atoms with Crippen molar-refractivity contribution in [1.29, 1.82) is 0 Å². The molecule has 0 aliphatic carbocycles. The molecular weight excluding hydrogens is 372 g/mol. The van der Waals surface area contributed by atoms with Crippen LogP contribution in [-0.2, 0) is 11.2 Å². The third-order valence-electron chi connectivity index (χ3n) is 5.88. The van der Waals surface area contributed by atoms with Crippen molar-refractivity contribution in [2.24, 2.45) is 5.92 Å². The molecule has 3 aromatic carbocycles. The van der Waals surface area contributed by atoms with Gasteiger partial charge in [0.25, 0.3) is 5.91 Å². The molecule has 0 radical (unpaired) electrons. The van der Waals surface area contributed by atoms with Crippen molar-refractivity contribution >= 4 is 22.6 Å². The Morgan fingerprint density at radius 3 is 2.57 bits per heavy atom. The van der Waals surface area contributed by atoms with Crippen LogP contribution in [0, 0.1) is 5.92 Å². The second-order valence-corrected chi connectivity index (χ2v) is 8.00. The van der Waals surface area contributed by atoms with Crippen LogP contribution in [0.3, 0.4) is 0 Å². The molecule has 1 fully saturated rings. The van der Waals surface area contributed by atoms with Gasteiger partial charge in [-0.2, -0.15) is 0 Å². The second-order valence-electron chi connectivity index (χ2n) is 8.00. The lowest BCUT2D eigenvalue weighted by Crippen LogP contribution is -2.45. The summed E-state index contributed by atoms with van der Waals surface area (Å²) in [6.45, 7) is 1.87. The SMILES string of the molecule is O=C(NCCCc1ccccc1)C1CCCN(C(=O)c2cccc3ccccc23)C1. The van der Waals surface area contributed by atoms with Crippen LogP contribution in [0.25, 0.3) is 10.8 Å². The van der Waals surface area contributed by atoms with E-state index < -0.39 is 0 Å². The van der Waals surface area contributed by atoms with E-state index in [1.165, 1.54) is 5.56 Å². The number of carbonyl (C=O) groups is 2. The summed E-state index contributed by atoms with van der Waals surface area (Å²) in [6, 6.07) is 24.1. The first kappa shape index (κ1) is 20.1. The van der Waals surface area contributed by atoms with Gasteiger partial charge in [-0.25, -0.2) is 0 Å². The van der Waals surface area contributed by atoms with Gasteiger partial charge in [-0.1, -0.05) is 66.7 Å². The van der Waals surface area contributed by atoms with Crippen LogP contribution in [0.1, 0.15) is 35.2 Å². The van der Waals surface area contributed by atoms with Gasteiger partial charge in [0, 0.05) is 25.2 Å². The fraction of sp³-hybridized carbons (Fsp3) is 0.308. The molecular formula is C26H28N2O2. The van der Waals surface area contributed by atoms with Crippen LogP contribution < -0.4 is 5.32 Å². The van der Waals surface area contributed by atoms with E-state index in [0.29, 0.717) is 19.6 Å². The molecule has 4 nitrogen and oxygen atoms in total. The number of nitrogens with one attached hydrogen (secondary N) is 1. The lowest BCUT2D eigenvalue weighted by molar-refractivity contribution is -0.126. The molecule has 0 bridgehead atoms. The number of likely N-dealkylation sites (tertiary alicyclic amines) is 1. The Labute approximate surface area is 177 Å². The fourth-order valence-electron chi connectivity index (χ4n) is 4.25. The van der Waals surface area contributed by atoms with E-state index in [9.17, 15) is 9.59 Å². The molecule has 1 N–H and O–H groups in total. The minimum absolute atomic E-state index is 0.0216. The zero-order valence-electron chi connectivity index (χ0n) is 17.2. The lowest BCUT2D eigenvalue weighted by Gasteiger charge is -2.32. The van der Waals surface area contributed by atoms with Crippen molar-refractivity contribution in [3.63, 3.8) is 0 Å². The van der Waals surface area contributed by atoms with Gasteiger partial charge in [0.05, 0.1) is 5.92 Å². The summed E-state index contributed by atoms with van der Waals surface area (Å²) in [6.07, 6.45) is 3.57. The van der Waals surface area contributed by atoms with E-state index in [2.05, 4.69) is 17.4 Å². The Morgan fingerprint density at radius 1 is 0.933 bits per heavy atom. The summed E-state index contributed by atoms with van der Waals surface area (Å²) in [5, 5.41) is 5.11. The Kier molecular flexibility index (Phi) is 6.43. The average Bonchev–Trinajstić information content (AvgIpc) is 2.81. The van der Waals surface area contributed by atoms with Crippen molar-refractivity contribution in [2.45, 2.75) is 25.7 Å². The number of rotatable bonds is 6. The normalized spacial score (nSPS) is 16.4. The summed E-state index contributed by atoms with van der Waals surface area (Å²) in [4.78, 5) is 27.7. The van der Waals surface area contributed by atoms with Crippen molar-refractivity contribution in [1.82, 2.24) is 10.2 Å². The first-order valence-corrected chi connectivity index (χ1v) is 10.8. The molecule has 0 aromatic heterocycles. The molecule has 1 unspecified atom stereocenters. The van der Waals surface area contributed by atoms with Crippen molar-refractivity contribution < 1.29 is 9.59 Å². The predicted molar refractivity (Wildman–Crippen MR) is 120 cm³/mol. The topological polar surface area (TPSA) is 49.4 Å². The number of aryl methyl sites for hydroxylation is 1. The van der Waals surface area contributed by atoms with Crippen molar-refractivity contribution in [3.05, 3.63) is 83.9 Å². The standard InChI is InChI=1S/C26H28N2O2/c29-25(27-17-7-11-20-9-2-1-3-10-20)22-14-8-18-28(19-22)26(30)24-16-6-13-21-12-4-5-15-23(21)24/h1-6,9-10,12-13,15-16,22H,7-8,11,14,17-19H2,(H,27,29). The van der Waals surface area contributed by atoms with E-state index in [0.717, 1.165) is 42.0 Å². The number of benzene rings is 3. The van der Waals surface area contributed by atoms with Crippen LogP contribution in [-0.4, -0.2) is 36.3 Å². The molecule has 1 atom stereocenters. The zero-order valence-corrected chi connectivity index (χ0v) is 17.2. The monoisotopic (exact) mass is 400 g/mol. The maximum Gasteiger partial charge on any atom is 0.254 e. The van der Waals surface area contributed by atoms with Gasteiger partial charge in [0.15, 0.2) is 0 Å². The molecule has 30 heavy (non-hydrogen) atoms. The van der Waals surface area contributed by atoms with Crippen LogP contribution >= 0.6 is 0 Å². The maximum atomic E-state index is 13.2. The lowest BCUT2D eigenvalue weighted by atomic mass is 9.95. The minimum Gasteiger partial charge on any atom is -0.356 e. The van der Waals surface area contributed by atoms with Crippen LogP contribution in [0.2, 0.25) is 0 Å². The summed E-state index contributed by atoms with van der Waals surface area (Å²) in [5.74, 6) is -0.0405. The Balaban J connectivity index is 1.33. The highest BCUT2D eigenvalue weighted by atomic mass is 16.2. The Hall–Kier alpha value is -3.14. The second kappa shape index (κ2) is 9.57. The molecule has 4 heteroatoms. The van der Waals surface area contributed by atoms with Crippen molar-refractivity contribution in [3.8, 4) is 0 Å². The van der Waals surface area contributed by atoms with Gasteiger partial charge in [0.1, 0.15) is 0 Å². The molecule has 4 rings (SSSR count). The van der Waals surface area contributed by atoms with Gasteiger partial charge < -0.3 is 10.2 Å². The molecule has 0 saturated carbocycles. The highest BCUT2D eigenvalue weighted by Gasteiger charge is 2.29. The molecule has 1 aliphatic heterocycles. The number of carbonyl (C=O) groups excluding carboxylic acids is 2. The first-order valence-electron chi connectivity index (χ1n) is 10.8. The van der Waals surface area contributed by atoms with Gasteiger partial charge in [-0.05, 0) is 48.1 Å². The molecule has 1 saturated heterocycles. The third-order valence-corrected chi connectivity index (χ3v) is 5.88. The summed E-state index contributed by atoms with van der Waals surface area (Å²) < 4.78 is 0. The first-order chi connectivity index (χ1) is 14.7. The molecule has 1 aliphatic rings. The third kappa shape index (κ3) is 4.70. The van der Waals surface area contributed by atoms with E-state index in [1.54, 1.807) is 0 Å². The number of nitrogens with zero attached hydrogens (tertiary/aromatic N) is 1. The highest BCUT2D eigenvalue weighted by molar-refractivity contribution is 6.07. The van der Waals surface area contributed by atoms with Gasteiger partial charge in [-0.3, -0.25) is 9.59 Å². The van der Waals surface area contributed by atoms with Gasteiger partial charge in [0.2, 0.25) is 5.91 Å². The molecule has 3 aromatic rings. The molecule has 1 heterocycles. The van der Waals surface area contributed by atoms with Gasteiger partial charge in [-0.15, -0.1) is 0 Å². The van der Waals surface area contributed by atoms with E-state index in [1.807, 2.05) is 65.6 Å². The smallest absolute Gasteiger partial charge is 0.254 e. The van der Waals surface area contributed by atoms with Crippen LogP contribution in [0.15, 0.2) is 72.8 Å². The largest absolute Gasteiger partial charge is 0.356 e. The molecule has 0 spiro atoms. The summed E-state index contributed by atoms with van der Waals surface area (Å²) in [7, 11) is 0. The number of hydrogen-bond acceptors (Lipinski definition) is 2. The fourth-order valence-corrected chi connectivity index (χ4v) is 4.25. The maximum absolute atomic E-state index is 13.2. The van der Waals surface area contributed by atoms with E-state index in [-0.39, 0.29) is 17.7 Å². The van der Waals surface area contributed by atoms with Gasteiger partial charge >= 0.3 is 0 Å². The Bertz CT molecular complexity index is 1010. The van der Waals surface area contributed by atoms with Crippen molar-refractivity contribution in [2.75, 3.05) is 19.6 Å². The highest BCUT2D eigenvalue weighted by Crippen LogP contribution is 2.23. The van der Waals surface area contributed by atoms with E-state index in [4.69, 9.17) is 0 Å². The average molecular weight is 401 g/mol. The number of amides is 2. The van der Waals surface area contributed by atoms with Crippen LogP contribution in [0.5, 0.6) is 0 Å². The predicted octanol–water partition coefficient (Wildman–Crippen LogP) is 4.44. The minimum atomic E-state index is -0.130. The summed E-state index contributed by atoms with van der Waals surface area (Å²) in [5.41, 5.74) is 2.01. The van der Waals surface area contributed by atoms with Crippen LogP contribution in [0.4, 0.5) is 0 Å².